The van der Waals surface area contributed by atoms with Gasteiger partial charge in [0.25, 0.3) is 0 Å². The first-order valence-corrected chi connectivity index (χ1v) is 1.34. The van der Waals surface area contributed by atoms with E-state index in [1.165, 1.54) is 0 Å². The van der Waals surface area contributed by atoms with E-state index in [1.54, 1.807) is 0 Å². The van der Waals surface area contributed by atoms with Crippen molar-refractivity contribution in [3.63, 3.8) is 0 Å². The van der Waals surface area contributed by atoms with Crippen molar-refractivity contribution in [2.75, 3.05) is 0 Å². The minimum Gasteiger partial charge on any atom is -0.870 e. The fraction of sp³-hybridized carbons (Fsp3) is 0. The summed E-state index contributed by atoms with van der Waals surface area (Å²) in [6, 6.07) is 0. The standard InChI is InChI=1S/Al.Mg.3H2O.2H/h;;3*1H2;;/q+1;+2;;;;;/p-3. The van der Waals surface area contributed by atoms with Gasteiger partial charge in [-0.3, -0.25) is 0 Å². The Morgan fingerprint density at radius 3 is 1.00 bits per heavy atom. The van der Waals surface area contributed by atoms with E-state index in [1.807, 2.05) is 0 Å². The van der Waals surface area contributed by atoms with E-state index < -0.39 is 0 Å². The normalized spacial score (nSPS) is 1.00. The van der Waals surface area contributed by atoms with E-state index in [0.29, 0.717) is 16.6 Å². The molecule has 0 aliphatic carbocycles. The van der Waals surface area contributed by atoms with Crippen molar-refractivity contribution in [1.82, 2.24) is 0 Å². The van der Waals surface area contributed by atoms with Gasteiger partial charge in [0.1, 0.15) is 0 Å². The molecule has 3 N–H and O–H groups in total. The molecule has 0 spiro atoms. The summed E-state index contributed by atoms with van der Waals surface area (Å²) in [5.41, 5.74) is 0. The van der Waals surface area contributed by atoms with E-state index >= 15 is 0 Å². The van der Waals surface area contributed by atoms with Gasteiger partial charge in [0.05, 0.1) is 0 Å². The topological polar surface area (TPSA) is 80.2 Å². The number of hydrogen-bond acceptors (Lipinski definition) is 3. The summed E-state index contributed by atoms with van der Waals surface area (Å²) in [5.74, 6) is 0. The Morgan fingerprint density at radius 2 is 1.00 bits per heavy atom. The van der Waals surface area contributed by atoms with Crippen molar-refractivity contribution >= 4 is 39.7 Å². The predicted molar refractivity (Wildman–Crippen MR) is 20.4 cm³/mol. The summed E-state index contributed by atoms with van der Waals surface area (Å²) in [7, 11) is 0. The maximum Gasteiger partial charge on any atom is 2.00 e. The van der Waals surface area contributed by atoms with Gasteiger partial charge in [-0.1, -0.05) is 0 Å². The second kappa shape index (κ2) is 65.1. The first-order valence-electron chi connectivity index (χ1n) is 0.447. The van der Waals surface area contributed by atoms with Gasteiger partial charge in [-0.15, -0.1) is 0 Å². The van der Waals surface area contributed by atoms with Gasteiger partial charge < -0.3 is 15.1 Å². The molecular weight excluding hydrogens is 99.3 g/mol. The first kappa shape index (κ1) is 34.9. The monoisotopic (exact) mass is 104 g/mol. The van der Waals surface area contributed by atoms with Gasteiger partial charge in [-0.05, 0) is 0 Å². The fourth-order valence-corrected chi connectivity index (χ4v) is 0. The van der Waals surface area contributed by atoms with Crippen molar-refractivity contribution in [2.45, 2.75) is 0 Å². The van der Waals surface area contributed by atoms with E-state index in [4.69, 9.17) is 4.16 Å². The zero-order valence-electron chi connectivity index (χ0n) is 3.05. The van der Waals surface area contributed by atoms with Crippen LogP contribution in [0.25, 0.3) is 0 Å². The Labute approximate surface area is 54.9 Å². The van der Waals surface area contributed by atoms with Crippen LogP contribution in [0.3, 0.4) is 0 Å². The molecule has 0 aliphatic heterocycles. The Hall–Kier alpha value is 1.18. The van der Waals surface area contributed by atoms with Gasteiger partial charge in [0.2, 0.25) is 0 Å². The van der Waals surface area contributed by atoms with Gasteiger partial charge in [-0.25, -0.2) is 0 Å². The largest absolute Gasteiger partial charge is 2.00 e. The van der Waals surface area contributed by atoms with Gasteiger partial charge in [0, 0.05) is 0 Å². The van der Waals surface area contributed by atoms with Crippen molar-refractivity contribution in [3.8, 4) is 0 Å². The van der Waals surface area contributed by atoms with Crippen LogP contribution in [-0.4, -0.2) is 54.8 Å². The van der Waals surface area contributed by atoms with Crippen LogP contribution in [0.15, 0.2) is 0 Å². The molecule has 0 aliphatic rings. The zero-order valence-corrected chi connectivity index (χ0v) is 6.46. The molecule has 28 valence electrons. The van der Waals surface area contributed by atoms with Crippen LogP contribution >= 0.6 is 0 Å². The molecule has 0 amide bonds. The third kappa shape index (κ3) is 37.7. The fourth-order valence-electron chi connectivity index (χ4n) is 0. The third-order valence-electron chi connectivity index (χ3n) is 0. The summed E-state index contributed by atoms with van der Waals surface area (Å²) in [6.07, 6.45) is 0. The Morgan fingerprint density at radius 1 is 1.00 bits per heavy atom. The molecule has 0 saturated heterocycles. The van der Waals surface area contributed by atoms with Crippen molar-refractivity contribution in [1.29, 1.82) is 0 Å². The second-order valence-corrected chi connectivity index (χ2v) is 0. The number of hydrogen-bond donors (Lipinski definition) is 1. The van der Waals surface area contributed by atoms with Gasteiger partial charge in [0.15, 0.2) is 0 Å². The van der Waals surface area contributed by atoms with E-state index in [2.05, 4.69) is 0 Å². The van der Waals surface area contributed by atoms with Gasteiger partial charge in [-0.2, -0.15) is 0 Å². The van der Waals surface area contributed by atoms with E-state index in [0.717, 1.165) is 0 Å². The Kier molecular flexibility index (Phi) is 454. The minimum absolute atomic E-state index is 0. The van der Waals surface area contributed by atoms with Crippen LogP contribution in [-0.2, 0) is 0 Å². The molecule has 0 heterocycles. The Balaban J connectivity index is -0.00000000167. The first-order chi connectivity index (χ1) is 1.00. The van der Waals surface area contributed by atoms with Crippen LogP contribution in [0.5, 0.6) is 0 Å². The van der Waals surface area contributed by atoms with Crippen LogP contribution in [0.2, 0.25) is 0 Å². The maximum absolute atomic E-state index is 7.14. The molecule has 0 aromatic rings. The average Bonchev–Trinajstić information content (AvgIpc) is 1.00. The molecule has 0 unspecified atom stereocenters. The smallest absolute Gasteiger partial charge is 0.870 e. The molecule has 5 heavy (non-hydrogen) atoms. The molecule has 5 heteroatoms. The summed E-state index contributed by atoms with van der Waals surface area (Å²) in [6.45, 7) is 0. The molecule has 3 nitrogen and oxygen atoms in total. The van der Waals surface area contributed by atoms with Crippen LogP contribution in [0.1, 0.15) is 0 Å². The molecule has 0 rings (SSSR count). The quantitative estimate of drug-likeness (QED) is 0.354. The minimum atomic E-state index is 0. The van der Waals surface area contributed by atoms with Crippen molar-refractivity contribution in [3.05, 3.63) is 0 Å². The van der Waals surface area contributed by atoms with E-state index in [9.17, 15) is 0 Å². The average molecular weight is 104 g/mol. The summed E-state index contributed by atoms with van der Waals surface area (Å²) >= 11 is 0.306. The maximum atomic E-state index is 7.14. The molecule has 0 bridgehead atoms. The molecule has 0 saturated carbocycles. The molecule has 0 aromatic carbocycles. The predicted octanol–water partition coefficient (Wildman–Crippen LogP) is -2.21. The van der Waals surface area contributed by atoms with Crippen LogP contribution < -0.4 is 0 Å². The SMILES string of the molecule is [Mg+2].[OH-].[OH-].[OH][AlH2]. The summed E-state index contributed by atoms with van der Waals surface area (Å²) < 4.78 is 7.14. The summed E-state index contributed by atoms with van der Waals surface area (Å²) in [5, 5.41) is 0. The van der Waals surface area contributed by atoms with Gasteiger partial charge >= 0.3 is 39.7 Å². The number of rotatable bonds is 0. The van der Waals surface area contributed by atoms with E-state index in [-0.39, 0.29) is 34.0 Å². The third-order valence-corrected chi connectivity index (χ3v) is 0. The van der Waals surface area contributed by atoms with Crippen molar-refractivity contribution in [2.24, 2.45) is 0 Å². The van der Waals surface area contributed by atoms with Crippen LogP contribution in [0, 0.1) is 0 Å². The molecule has 0 aromatic heterocycles. The Bertz CT molecular complexity index is 6.85. The van der Waals surface area contributed by atoms with Crippen molar-refractivity contribution < 1.29 is 15.1 Å². The molecule has 0 fully saturated rings. The summed E-state index contributed by atoms with van der Waals surface area (Å²) in [4.78, 5) is 0. The van der Waals surface area contributed by atoms with Crippen LogP contribution in [0.4, 0.5) is 0 Å². The molecule has 0 radical (unpaired) electrons. The second-order valence-electron chi connectivity index (χ2n) is 0. The molecule has 0 atom stereocenters. The zero-order chi connectivity index (χ0) is 2.00. The molecular formula is H5AlMgO3.